The molecule has 0 aliphatic carbocycles. The molecule has 1 N–H and O–H groups in total. The molecule has 1 aliphatic rings. The van der Waals surface area contributed by atoms with Crippen LogP contribution in [0.1, 0.15) is 32.8 Å². The lowest BCUT2D eigenvalue weighted by molar-refractivity contribution is -0.167. The van der Waals surface area contributed by atoms with Crippen LogP contribution >= 0.6 is 0 Å². The van der Waals surface area contributed by atoms with Crippen molar-refractivity contribution in [2.45, 2.75) is 44.4 Å². The van der Waals surface area contributed by atoms with Crippen molar-refractivity contribution in [1.29, 1.82) is 0 Å². The summed E-state index contributed by atoms with van der Waals surface area (Å²) in [6.45, 7) is 5.85. The van der Waals surface area contributed by atoms with Crippen molar-refractivity contribution in [3.8, 4) is 0 Å². The molecule has 2 nitrogen and oxygen atoms in total. The molecule has 21 heavy (non-hydrogen) atoms. The zero-order chi connectivity index (χ0) is 15.7. The minimum atomic E-state index is -4.18. The van der Waals surface area contributed by atoms with Crippen molar-refractivity contribution in [3.05, 3.63) is 35.9 Å². The number of rotatable bonds is 3. The van der Waals surface area contributed by atoms with Crippen LogP contribution in [0.25, 0.3) is 0 Å². The first-order valence-electron chi connectivity index (χ1n) is 7.31. The maximum absolute atomic E-state index is 12.9. The lowest BCUT2D eigenvalue weighted by Crippen LogP contribution is -2.67. The highest BCUT2D eigenvalue weighted by Crippen LogP contribution is 2.34. The maximum atomic E-state index is 12.9. The molecule has 1 aliphatic heterocycles. The van der Waals surface area contributed by atoms with Gasteiger partial charge < -0.3 is 5.32 Å². The first kappa shape index (κ1) is 16.3. The molecule has 2 rings (SSSR count). The number of nitrogens with one attached hydrogen (secondary N) is 1. The maximum Gasteiger partial charge on any atom is 0.401 e. The molecule has 5 heteroatoms. The smallest absolute Gasteiger partial charge is 0.305 e. The van der Waals surface area contributed by atoms with E-state index in [0.29, 0.717) is 19.5 Å². The molecule has 0 amide bonds. The summed E-state index contributed by atoms with van der Waals surface area (Å²) in [5.41, 5.74) is 0.0979. The summed E-state index contributed by atoms with van der Waals surface area (Å²) in [6.07, 6.45) is -3.49. The Morgan fingerprint density at radius 3 is 2.33 bits per heavy atom. The minimum Gasteiger partial charge on any atom is -0.305 e. The molecular formula is C16H23F3N2. The van der Waals surface area contributed by atoms with Gasteiger partial charge >= 0.3 is 6.18 Å². The van der Waals surface area contributed by atoms with Crippen molar-refractivity contribution in [2.24, 2.45) is 0 Å². The highest BCUT2D eigenvalue weighted by Gasteiger charge is 2.46. The van der Waals surface area contributed by atoms with E-state index < -0.39 is 23.8 Å². The van der Waals surface area contributed by atoms with Crippen LogP contribution in [0.2, 0.25) is 0 Å². The number of benzene rings is 1. The Kier molecular flexibility index (Phi) is 4.36. The minimum absolute atomic E-state index is 0.348. The largest absolute Gasteiger partial charge is 0.401 e. The third kappa shape index (κ3) is 3.58. The summed E-state index contributed by atoms with van der Waals surface area (Å²) in [6, 6.07) is 9.69. The Bertz CT molecular complexity index is 474. The van der Waals surface area contributed by atoms with Gasteiger partial charge in [0.25, 0.3) is 0 Å². The van der Waals surface area contributed by atoms with Crippen LogP contribution in [0.5, 0.6) is 0 Å². The van der Waals surface area contributed by atoms with Crippen LogP contribution in [-0.4, -0.2) is 36.2 Å². The predicted molar refractivity (Wildman–Crippen MR) is 78.1 cm³/mol. The van der Waals surface area contributed by atoms with Gasteiger partial charge in [-0.2, -0.15) is 13.2 Å². The van der Waals surface area contributed by atoms with Crippen LogP contribution < -0.4 is 5.32 Å². The standard InChI is InChI=1S/C16H23F3N2/c1-4-14(2)10-20-15(3,13-8-6-5-7-9-13)11-21(14)12-16(17,18)19/h5-9,20H,4,10-12H2,1-3H3. The third-order valence-electron chi connectivity index (χ3n) is 4.67. The van der Waals surface area contributed by atoms with Crippen LogP contribution in [0, 0.1) is 0 Å². The van der Waals surface area contributed by atoms with Gasteiger partial charge in [-0.25, -0.2) is 0 Å². The molecule has 0 radical (unpaired) electrons. The number of alkyl halides is 3. The van der Waals surface area contributed by atoms with E-state index >= 15 is 0 Å². The number of hydrogen-bond acceptors (Lipinski definition) is 2. The second kappa shape index (κ2) is 5.61. The molecule has 0 saturated carbocycles. The molecule has 1 saturated heterocycles. The van der Waals surface area contributed by atoms with Gasteiger partial charge in [0.1, 0.15) is 0 Å². The Morgan fingerprint density at radius 1 is 1.19 bits per heavy atom. The van der Waals surface area contributed by atoms with Crippen molar-refractivity contribution < 1.29 is 13.2 Å². The van der Waals surface area contributed by atoms with Crippen LogP contribution in [0.15, 0.2) is 30.3 Å². The zero-order valence-corrected chi connectivity index (χ0v) is 12.8. The summed E-state index contributed by atoms with van der Waals surface area (Å²) in [5.74, 6) is 0. The number of halogens is 3. The van der Waals surface area contributed by atoms with E-state index in [9.17, 15) is 13.2 Å². The fourth-order valence-corrected chi connectivity index (χ4v) is 2.94. The third-order valence-corrected chi connectivity index (χ3v) is 4.67. The second-order valence-corrected chi connectivity index (χ2v) is 6.37. The first-order chi connectivity index (χ1) is 9.69. The van der Waals surface area contributed by atoms with Gasteiger partial charge in [-0.05, 0) is 25.8 Å². The van der Waals surface area contributed by atoms with E-state index in [4.69, 9.17) is 0 Å². The topological polar surface area (TPSA) is 15.3 Å². The van der Waals surface area contributed by atoms with Gasteiger partial charge in [-0.3, -0.25) is 4.90 Å². The summed E-state index contributed by atoms with van der Waals surface area (Å²) >= 11 is 0. The molecule has 2 unspecified atom stereocenters. The molecule has 1 aromatic rings. The van der Waals surface area contributed by atoms with E-state index in [0.717, 1.165) is 5.56 Å². The van der Waals surface area contributed by atoms with Gasteiger partial charge in [0.15, 0.2) is 0 Å². The predicted octanol–water partition coefficient (Wildman–Crippen LogP) is 3.54. The van der Waals surface area contributed by atoms with Crippen LogP contribution in [0.3, 0.4) is 0 Å². The van der Waals surface area contributed by atoms with Gasteiger partial charge in [0, 0.05) is 18.6 Å². The summed E-state index contributed by atoms with van der Waals surface area (Å²) in [4.78, 5) is 1.58. The molecule has 2 atom stereocenters. The Morgan fingerprint density at radius 2 is 1.81 bits per heavy atom. The fourth-order valence-electron chi connectivity index (χ4n) is 2.94. The van der Waals surface area contributed by atoms with E-state index in [1.807, 2.05) is 51.1 Å². The van der Waals surface area contributed by atoms with E-state index in [1.54, 1.807) is 4.90 Å². The summed E-state index contributed by atoms with van der Waals surface area (Å²) in [5, 5.41) is 3.46. The molecule has 1 fully saturated rings. The monoisotopic (exact) mass is 300 g/mol. The molecular weight excluding hydrogens is 277 g/mol. The molecule has 0 aromatic heterocycles. The molecule has 118 valence electrons. The Hall–Kier alpha value is -1.07. The molecule has 0 spiro atoms. The second-order valence-electron chi connectivity index (χ2n) is 6.37. The zero-order valence-electron chi connectivity index (χ0n) is 12.8. The Balaban J connectivity index is 2.27. The molecule has 1 heterocycles. The lowest BCUT2D eigenvalue weighted by atomic mass is 9.83. The average Bonchev–Trinajstić information content (AvgIpc) is 2.43. The first-order valence-corrected chi connectivity index (χ1v) is 7.31. The lowest BCUT2D eigenvalue weighted by Gasteiger charge is -2.52. The fraction of sp³-hybridized carbons (Fsp3) is 0.625. The van der Waals surface area contributed by atoms with Crippen LogP contribution in [-0.2, 0) is 5.54 Å². The van der Waals surface area contributed by atoms with Gasteiger partial charge in [-0.15, -0.1) is 0 Å². The molecule has 1 aromatic carbocycles. The van der Waals surface area contributed by atoms with E-state index in [1.165, 1.54) is 0 Å². The van der Waals surface area contributed by atoms with Crippen molar-refractivity contribution in [2.75, 3.05) is 19.6 Å². The Labute approximate surface area is 124 Å². The van der Waals surface area contributed by atoms with Gasteiger partial charge in [0.05, 0.1) is 12.1 Å². The summed E-state index contributed by atoms with van der Waals surface area (Å²) < 4.78 is 38.7. The SMILES string of the molecule is CCC1(C)CNC(C)(c2ccccc2)CN1CC(F)(F)F. The summed E-state index contributed by atoms with van der Waals surface area (Å²) in [7, 11) is 0. The number of hydrogen-bond donors (Lipinski definition) is 1. The van der Waals surface area contributed by atoms with Crippen molar-refractivity contribution in [1.82, 2.24) is 10.2 Å². The normalized spacial score (nSPS) is 31.3. The van der Waals surface area contributed by atoms with Gasteiger partial charge in [-0.1, -0.05) is 37.3 Å². The highest BCUT2D eigenvalue weighted by atomic mass is 19.4. The van der Waals surface area contributed by atoms with E-state index in [2.05, 4.69) is 5.32 Å². The van der Waals surface area contributed by atoms with Gasteiger partial charge in [0.2, 0.25) is 0 Å². The van der Waals surface area contributed by atoms with Crippen molar-refractivity contribution in [3.63, 3.8) is 0 Å². The average molecular weight is 300 g/mol. The quantitative estimate of drug-likeness (QED) is 0.918. The number of piperazine rings is 1. The van der Waals surface area contributed by atoms with Crippen molar-refractivity contribution >= 4 is 0 Å². The van der Waals surface area contributed by atoms with E-state index in [-0.39, 0.29) is 0 Å². The number of nitrogens with zero attached hydrogens (tertiary/aromatic N) is 1. The molecule has 0 bridgehead atoms. The van der Waals surface area contributed by atoms with Crippen LogP contribution in [0.4, 0.5) is 13.2 Å². The highest BCUT2D eigenvalue weighted by molar-refractivity contribution is 5.25.